The predicted molar refractivity (Wildman–Crippen MR) is 65.7 cm³/mol. The first kappa shape index (κ1) is 11.5. The van der Waals surface area contributed by atoms with Gasteiger partial charge in [-0.2, -0.15) is 5.10 Å². The molecule has 6 nitrogen and oxygen atoms in total. The largest absolute Gasteiger partial charge is 0.396 e. The average Bonchev–Trinajstić information content (AvgIpc) is 2.94. The summed E-state index contributed by atoms with van der Waals surface area (Å²) in [4.78, 5) is 11.9. The Bertz CT molecular complexity index is 441. The zero-order valence-corrected chi connectivity index (χ0v) is 10.2. The molecule has 2 aliphatic rings. The summed E-state index contributed by atoms with van der Waals surface area (Å²) in [6.07, 6.45) is 6.78. The van der Waals surface area contributed by atoms with Gasteiger partial charge in [-0.1, -0.05) is 0 Å². The molecule has 3 N–H and O–H groups in total. The van der Waals surface area contributed by atoms with Crippen LogP contribution in [0, 0.1) is 5.92 Å². The van der Waals surface area contributed by atoms with Crippen LogP contribution in [0.4, 0.5) is 5.69 Å². The second-order valence-corrected chi connectivity index (χ2v) is 5.11. The number of carbonyl (C=O) groups excluding carboxylic acids is 1. The predicted octanol–water partition coefficient (Wildman–Crippen LogP) is 0.149. The normalized spacial score (nSPS) is 27.3. The standard InChI is InChI=1S/C12H18N4O2/c13-9-5-14-16(6-9)7-11(17)15-10-3-4-18-12(10)8-1-2-8/h5-6,8,10,12H,1-4,7,13H2,(H,15,17). The Hall–Kier alpha value is -1.56. The smallest absolute Gasteiger partial charge is 0.242 e. The molecule has 0 radical (unpaired) electrons. The lowest BCUT2D eigenvalue weighted by Crippen LogP contribution is -2.42. The highest BCUT2D eigenvalue weighted by Gasteiger charge is 2.41. The molecule has 1 saturated carbocycles. The highest BCUT2D eigenvalue weighted by molar-refractivity contribution is 5.76. The van der Waals surface area contributed by atoms with Gasteiger partial charge in [0.2, 0.25) is 5.91 Å². The quantitative estimate of drug-likeness (QED) is 0.797. The fraction of sp³-hybridized carbons (Fsp3) is 0.667. The Balaban J connectivity index is 1.54. The molecule has 1 saturated heterocycles. The Kier molecular flexibility index (Phi) is 2.95. The van der Waals surface area contributed by atoms with Crippen LogP contribution in [0.3, 0.4) is 0 Å². The van der Waals surface area contributed by atoms with E-state index in [1.54, 1.807) is 17.1 Å². The fourth-order valence-electron chi connectivity index (χ4n) is 2.52. The van der Waals surface area contributed by atoms with Crippen molar-refractivity contribution < 1.29 is 9.53 Å². The van der Waals surface area contributed by atoms with Crippen LogP contribution in [0.5, 0.6) is 0 Å². The number of nitrogens with two attached hydrogens (primary N) is 1. The van der Waals surface area contributed by atoms with Gasteiger partial charge in [-0.3, -0.25) is 9.48 Å². The van der Waals surface area contributed by atoms with Gasteiger partial charge in [0.1, 0.15) is 6.54 Å². The summed E-state index contributed by atoms with van der Waals surface area (Å²) in [5, 5.41) is 7.04. The van der Waals surface area contributed by atoms with Crippen LogP contribution in [0.15, 0.2) is 12.4 Å². The van der Waals surface area contributed by atoms with E-state index >= 15 is 0 Å². The summed E-state index contributed by atoms with van der Waals surface area (Å²) < 4.78 is 7.24. The summed E-state index contributed by atoms with van der Waals surface area (Å²) in [6, 6.07) is 0.165. The van der Waals surface area contributed by atoms with Crippen molar-refractivity contribution in [1.82, 2.24) is 15.1 Å². The maximum Gasteiger partial charge on any atom is 0.242 e. The van der Waals surface area contributed by atoms with Gasteiger partial charge in [-0.15, -0.1) is 0 Å². The minimum absolute atomic E-state index is 0.0285. The van der Waals surface area contributed by atoms with Gasteiger partial charge < -0.3 is 15.8 Å². The molecule has 0 aromatic carbocycles. The average molecular weight is 250 g/mol. The number of nitrogens with zero attached hydrogens (tertiary/aromatic N) is 2. The number of anilines is 1. The molecule has 2 heterocycles. The van der Waals surface area contributed by atoms with Crippen molar-refractivity contribution in [2.45, 2.75) is 38.0 Å². The van der Waals surface area contributed by atoms with E-state index in [1.807, 2.05) is 0 Å². The van der Waals surface area contributed by atoms with Crippen molar-refractivity contribution in [3.63, 3.8) is 0 Å². The topological polar surface area (TPSA) is 82.2 Å². The molecule has 98 valence electrons. The lowest BCUT2D eigenvalue weighted by atomic mass is 10.1. The zero-order chi connectivity index (χ0) is 12.5. The molecule has 1 aromatic heterocycles. The van der Waals surface area contributed by atoms with Crippen molar-refractivity contribution in [2.75, 3.05) is 12.3 Å². The van der Waals surface area contributed by atoms with Crippen molar-refractivity contribution in [1.29, 1.82) is 0 Å². The maximum absolute atomic E-state index is 11.9. The minimum Gasteiger partial charge on any atom is -0.396 e. The van der Waals surface area contributed by atoms with E-state index in [9.17, 15) is 4.79 Å². The van der Waals surface area contributed by atoms with E-state index in [2.05, 4.69) is 10.4 Å². The summed E-state index contributed by atoms with van der Waals surface area (Å²) in [5.74, 6) is 0.623. The first-order valence-electron chi connectivity index (χ1n) is 6.41. The molecule has 1 aliphatic carbocycles. The third kappa shape index (κ3) is 2.48. The summed E-state index contributed by atoms with van der Waals surface area (Å²) in [5.41, 5.74) is 6.13. The number of hydrogen-bond donors (Lipinski definition) is 2. The van der Waals surface area contributed by atoms with Crippen molar-refractivity contribution in [3.05, 3.63) is 12.4 Å². The minimum atomic E-state index is -0.0285. The van der Waals surface area contributed by atoms with Gasteiger partial charge in [-0.25, -0.2) is 0 Å². The molecule has 2 fully saturated rings. The third-order valence-electron chi connectivity index (χ3n) is 3.53. The first-order chi connectivity index (χ1) is 8.72. The molecule has 6 heteroatoms. The number of hydrogen-bond acceptors (Lipinski definition) is 4. The van der Waals surface area contributed by atoms with Gasteiger partial charge in [0, 0.05) is 12.8 Å². The van der Waals surface area contributed by atoms with E-state index in [0.29, 0.717) is 11.6 Å². The van der Waals surface area contributed by atoms with E-state index in [1.165, 1.54) is 12.8 Å². The second-order valence-electron chi connectivity index (χ2n) is 5.11. The number of aromatic nitrogens is 2. The van der Waals surface area contributed by atoms with Crippen molar-refractivity contribution in [3.8, 4) is 0 Å². The van der Waals surface area contributed by atoms with Crippen LogP contribution in [-0.2, 0) is 16.1 Å². The molecule has 0 bridgehead atoms. The summed E-state index contributed by atoms with van der Waals surface area (Å²) in [6.45, 7) is 0.964. The number of nitrogen functional groups attached to an aromatic ring is 1. The van der Waals surface area contributed by atoms with Crippen LogP contribution in [0.1, 0.15) is 19.3 Å². The van der Waals surface area contributed by atoms with Gasteiger partial charge >= 0.3 is 0 Å². The molecule has 1 aromatic rings. The van der Waals surface area contributed by atoms with Crippen molar-refractivity contribution >= 4 is 11.6 Å². The number of carbonyl (C=O) groups is 1. The molecule has 1 aliphatic heterocycles. The summed E-state index contributed by atoms with van der Waals surface area (Å²) in [7, 11) is 0. The van der Waals surface area contributed by atoms with E-state index in [4.69, 9.17) is 10.5 Å². The molecular weight excluding hydrogens is 232 g/mol. The van der Waals surface area contributed by atoms with Crippen LogP contribution in [0.25, 0.3) is 0 Å². The second kappa shape index (κ2) is 4.61. The van der Waals surface area contributed by atoms with Crippen LogP contribution in [0.2, 0.25) is 0 Å². The highest BCUT2D eigenvalue weighted by atomic mass is 16.5. The van der Waals surface area contributed by atoms with E-state index in [0.717, 1.165) is 13.0 Å². The zero-order valence-electron chi connectivity index (χ0n) is 10.2. The first-order valence-corrected chi connectivity index (χ1v) is 6.41. The number of nitrogens with one attached hydrogen (secondary N) is 1. The molecule has 2 unspecified atom stereocenters. The lowest BCUT2D eigenvalue weighted by Gasteiger charge is -2.19. The van der Waals surface area contributed by atoms with Gasteiger partial charge in [0.25, 0.3) is 0 Å². The molecule has 2 atom stereocenters. The molecule has 3 rings (SSSR count). The highest BCUT2D eigenvalue weighted by Crippen LogP contribution is 2.38. The van der Waals surface area contributed by atoms with Crippen LogP contribution >= 0.6 is 0 Å². The molecule has 1 amide bonds. The molecular formula is C12H18N4O2. The molecule has 18 heavy (non-hydrogen) atoms. The van der Waals surface area contributed by atoms with Gasteiger partial charge in [0.15, 0.2) is 0 Å². The number of rotatable bonds is 4. The Morgan fingerprint density at radius 1 is 1.56 bits per heavy atom. The lowest BCUT2D eigenvalue weighted by molar-refractivity contribution is -0.123. The monoisotopic (exact) mass is 250 g/mol. The number of amides is 1. The fourth-order valence-corrected chi connectivity index (χ4v) is 2.52. The van der Waals surface area contributed by atoms with Gasteiger partial charge in [0.05, 0.1) is 24.0 Å². The van der Waals surface area contributed by atoms with Crippen LogP contribution in [-0.4, -0.2) is 34.4 Å². The van der Waals surface area contributed by atoms with Crippen LogP contribution < -0.4 is 11.1 Å². The Morgan fingerprint density at radius 2 is 2.39 bits per heavy atom. The third-order valence-corrected chi connectivity index (χ3v) is 3.53. The Labute approximate surface area is 105 Å². The number of ether oxygens (including phenoxy) is 1. The SMILES string of the molecule is Nc1cnn(CC(=O)NC2CCOC2C2CC2)c1. The summed E-state index contributed by atoms with van der Waals surface area (Å²) >= 11 is 0. The van der Waals surface area contributed by atoms with Gasteiger partial charge in [-0.05, 0) is 25.2 Å². The maximum atomic E-state index is 11.9. The van der Waals surface area contributed by atoms with E-state index in [-0.39, 0.29) is 24.6 Å². The van der Waals surface area contributed by atoms with Crippen molar-refractivity contribution in [2.24, 2.45) is 5.92 Å². The van der Waals surface area contributed by atoms with E-state index < -0.39 is 0 Å². The Morgan fingerprint density at radius 3 is 3.06 bits per heavy atom. The molecule has 0 spiro atoms.